The number of benzene rings is 3. The summed E-state index contributed by atoms with van der Waals surface area (Å²) in [5, 5.41) is 9.81. The lowest BCUT2D eigenvalue weighted by atomic mass is 10.1. The first-order valence-corrected chi connectivity index (χ1v) is 18.0. The summed E-state index contributed by atoms with van der Waals surface area (Å²) in [5.41, 5.74) is 3.65. The van der Waals surface area contributed by atoms with Gasteiger partial charge in [-0.25, -0.2) is 23.7 Å². The molecule has 0 N–H and O–H groups in total. The van der Waals surface area contributed by atoms with Crippen LogP contribution in [0, 0.1) is 13.8 Å². The summed E-state index contributed by atoms with van der Waals surface area (Å²) in [7, 11) is 0. The quantitative estimate of drug-likeness (QED) is 0.157. The van der Waals surface area contributed by atoms with E-state index in [9.17, 15) is 4.79 Å². The molecule has 2 aliphatic heterocycles. The van der Waals surface area contributed by atoms with Gasteiger partial charge in [-0.15, -0.1) is 0 Å². The molecule has 51 heavy (non-hydrogen) atoms. The van der Waals surface area contributed by atoms with Gasteiger partial charge < -0.3 is 24.0 Å². The summed E-state index contributed by atoms with van der Waals surface area (Å²) in [6.07, 6.45) is 2.11. The van der Waals surface area contributed by atoms with Crippen LogP contribution in [0.5, 0.6) is 5.75 Å². The zero-order valence-electron chi connectivity index (χ0n) is 29.2. The fraction of sp³-hybridized carbons (Fsp3) is 0.405. The van der Waals surface area contributed by atoms with Crippen molar-refractivity contribution < 1.29 is 14.2 Å². The number of aromatic nitrogens is 6. The van der Waals surface area contributed by atoms with Crippen molar-refractivity contribution in [3.05, 3.63) is 111 Å². The van der Waals surface area contributed by atoms with E-state index in [0.29, 0.717) is 34.6 Å². The predicted octanol–water partition coefficient (Wildman–Crippen LogP) is 6.19. The van der Waals surface area contributed by atoms with E-state index >= 15 is 0 Å². The lowest BCUT2D eigenvalue weighted by Gasteiger charge is -2.37. The third kappa shape index (κ3) is 7.36. The average Bonchev–Trinajstić information content (AvgIpc) is 3.83. The fourth-order valence-electron chi connectivity index (χ4n) is 6.62. The standard InChI is InChI=1S/C37H42Cl2N8O4/c1-5-25(2)47-36(48)45(24-40-47)31-9-7-29(8-10-31)43-16-18-44(19-17-43)30-11-13-32(14-12-30)49-21-33-22-50-37(51-33,23-46-27(4)41-26(3)42-46)34-15-6-28(38)20-35(34)39/h6-15,20,24-25,33H,5,16-19,21-23H2,1-4H3/t25?,33-,37-/m1/s1. The number of anilines is 2. The number of ether oxygens (including phenoxy) is 3. The van der Waals surface area contributed by atoms with E-state index in [-0.39, 0.29) is 24.4 Å². The van der Waals surface area contributed by atoms with Crippen LogP contribution in [0.4, 0.5) is 11.4 Å². The highest BCUT2D eigenvalue weighted by molar-refractivity contribution is 6.35. The monoisotopic (exact) mass is 732 g/mol. The van der Waals surface area contributed by atoms with Crippen molar-refractivity contribution in [2.24, 2.45) is 0 Å². The van der Waals surface area contributed by atoms with Crippen molar-refractivity contribution >= 4 is 34.6 Å². The van der Waals surface area contributed by atoms with Crippen LogP contribution in [0.2, 0.25) is 10.0 Å². The minimum absolute atomic E-state index is 0.0635. The summed E-state index contributed by atoms with van der Waals surface area (Å²) < 4.78 is 24.0. The van der Waals surface area contributed by atoms with Gasteiger partial charge in [-0.05, 0) is 87.9 Å². The molecule has 12 nitrogen and oxygen atoms in total. The molecular weight excluding hydrogens is 691 g/mol. The maximum absolute atomic E-state index is 12.8. The van der Waals surface area contributed by atoms with Gasteiger partial charge in [0.2, 0.25) is 5.79 Å². The Morgan fingerprint density at radius 1 is 0.941 bits per heavy atom. The maximum atomic E-state index is 12.8. The molecule has 14 heteroatoms. The molecule has 2 aromatic heterocycles. The van der Waals surface area contributed by atoms with Gasteiger partial charge in [-0.2, -0.15) is 10.2 Å². The van der Waals surface area contributed by atoms with Crippen LogP contribution >= 0.6 is 23.2 Å². The van der Waals surface area contributed by atoms with Gasteiger partial charge in [0.1, 0.15) is 43.0 Å². The minimum Gasteiger partial charge on any atom is -0.491 e. The van der Waals surface area contributed by atoms with Crippen molar-refractivity contribution in [1.82, 2.24) is 29.1 Å². The van der Waals surface area contributed by atoms with Gasteiger partial charge in [0, 0.05) is 48.1 Å². The third-order valence-electron chi connectivity index (χ3n) is 9.63. The number of aryl methyl sites for hydroxylation is 2. The first-order valence-electron chi connectivity index (χ1n) is 17.3. The third-order valence-corrected chi connectivity index (χ3v) is 10.2. The highest BCUT2D eigenvalue weighted by Gasteiger charge is 2.46. The SMILES string of the molecule is CCC(C)n1ncn(-c2ccc(N3CCN(c4ccc(OC[C@@H]5CO[C@@](Cn6nc(C)nc6C)(c6ccc(Cl)cc6Cl)O5)cc4)CC3)cc2)c1=O. The van der Waals surface area contributed by atoms with E-state index in [1.54, 1.807) is 32.4 Å². The van der Waals surface area contributed by atoms with Crippen LogP contribution < -0.4 is 20.2 Å². The van der Waals surface area contributed by atoms with Crippen LogP contribution in [-0.2, 0) is 21.8 Å². The molecule has 3 aromatic carbocycles. The number of nitrogens with zero attached hydrogens (tertiary/aromatic N) is 8. The molecular formula is C37H42Cl2N8O4. The first kappa shape index (κ1) is 35.1. The van der Waals surface area contributed by atoms with E-state index in [2.05, 4.69) is 49.2 Å². The Hall–Kier alpha value is -4.36. The number of halogens is 2. The summed E-state index contributed by atoms with van der Waals surface area (Å²) >= 11 is 12.9. The Kier molecular flexibility index (Phi) is 10.1. The van der Waals surface area contributed by atoms with Gasteiger partial charge in [0.25, 0.3) is 0 Å². The molecule has 4 heterocycles. The number of hydrogen-bond donors (Lipinski definition) is 0. The molecule has 0 radical (unpaired) electrons. The van der Waals surface area contributed by atoms with E-state index in [0.717, 1.165) is 61.2 Å². The maximum Gasteiger partial charge on any atom is 0.350 e. The molecule has 0 spiro atoms. The zero-order valence-corrected chi connectivity index (χ0v) is 30.7. The van der Waals surface area contributed by atoms with Crippen molar-refractivity contribution in [2.75, 3.05) is 49.2 Å². The molecule has 0 amide bonds. The van der Waals surface area contributed by atoms with Crippen LogP contribution in [0.25, 0.3) is 5.69 Å². The van der Waals surface area contributed by atoms with Gasteiger partial charge in [-0.1, -0.05) is 36.2 Å². The summed E-state index contributed by atoms with van der Waals surface area (Å²) in [6, 6.07) is 21.7. The van der Waals surface area contributed by atoms with Crippen molar-refractivity contribution in [2.45, 2.75) is 58.6 Å². The van der Waals surface area contributed by atoms with Crippen LogP contribution in [0.15, 0.2) is 77.9 Å². The topological polar surface area (TPSA) is 105 Å². The lowest BCUT2D eigenvalue weighted by Crippen LogP contribution is -2.46. The second-order valence-electron chi connectivity index (χ2n) is 13.1. The zero-order chi connectivity index (χ0) is 35.7. The van der Waals surface area contributed by atoms with Crippen molar-refractivity contribution in [3.63, 3.8) is 0 Å². The molecule has 0 bridgehead atoms. The van der Waals surface area contributed by atoms with E-state index in [4.69, 9.17) is 37.4 Å². The Balaban J connectivity index is 0.937. The molecule has 1 unspecified atom stereocenters. The van der Waals surface area contributed by atoms with E-state index in [1.807, 2.05) is 58.0 Å². The molecule has 268 valence electrons. The molecule has 2 aliphatic rings. The summed E-state index contributed by atoms with van der Waals surface area (Å²) in [4.78, 5) is 22.0. The molecule has 2 saturated heterocycles. The smallest absolute Gasteiger partial charge is 0.350 e. The van der Waals surface area contributed by atoms with Gasteiger partial charge >= 0.3 is 5.69 Å². The number of hydrogen-bond acceptors (Lipinski definition) is 9. The molecule has 3 atom stereocenters. The molecule has 0 aliphatic carbocycles. The van der Waals surface area contributed by atoms with Crippen molar-refractivity contribution in [3.8, 4) is 11.4 Å². The second-order valence-corrected chi connectivity index (χ2v) is 13.9. The van der Waals surface area contributed by atoms with Crippen LogP contribution in [0.1, 0.15) is 43.5 Å². The minimum atomic E-state index is -1.18. The first-order chi connectivity index (χ1) is 24.6. The van der Waals surface area contributed by atoms with Crippen LogP contribution in [0.3, 0.4) is 0 Å². The van der Waals surface area contributed by atoms with Gasteiger partial charge in [-0.3, -0.25) is 0 Å². The molecule has 5 aromatic rings. The highest BCUT2D eigenvalue weighted by Crippen LogP contribution is 2.41. The Labute approximate surface area is 307 Å². The Morgan fingerprint density at radius 3 is 2.20 bits per heavy atom. The molecule has 0 saturated carbocycles. The van der Waals surface area contributed by atoms with Gasteiger partial charge in [0.05, 0.1) is 23.4 Å². The van der Waals surface area contributed by atoms with Gasteiger partial charge in [0.15, 0.2) is 0 Å². The normalized spacial score (nSPS) is 19.8. The Morgan fingerprint density at radius 2 is 1.59 bits per heavy atom. The predicted molar refractivity (Wildman–Crippen MR) is 198 cm³/mol. The van der Waals surface area contributed by atoms with E-state index in [1.165, 1.54) is 0 Å². The summed E-state index contributed by atoms with van der Waals surface area (Å²) in [5.74, 6) is 0.992. The highest BCUT2D eigenvalue weighted by atomic mass is 35.5. The molecule has 2 fully saturated rings. The summed E-state index contributed by atoms with van der Waals surface area (Å²) in [6.45, 7) is 12.2. The molecule has 7 rings (SSSR count). The second kappa shape index (κ2) is 14.7. The van der Waals surface area contributed by atoms with E-state index < -0.39 is 5.79 Å². The largest absolute Gasteiger partial charge is 0.491 e. The lowest BCUT2D eigenvalue weighted by molar-refractivity contribution is -0.191. The number of piperazine rings is 1. The average molecular weight is 734 g/mol. The van der Waals surface area contributed by atoms with Crippen LogP contribution in [-0.4, -0.2) is 74.6 Å². The van der Waals surface area contributed by atoms with Crippen molar-refractivity contribution in [1.29, 1.82) is 0 Å². The number of rotatable bonds is 11. The fourth-order valence-corrected chi connectivity index (χ4v) is 7.17. The Bertz CT molecular complexity index is 2020.